The molecule has 2 aliphatic rings. The molecule has 4 heteroatoms. The molecular weight excluding hydrogens is 254 g/mol. The topological polar surface area (TPSA) is 66.4 Å². The Kier molecular flexibility index (Phi) is 3.47. The zero-order valence-corrected chi connectivity index (χ0v) is 11.3. The van der Waals surface area contributed by atoms with Crippen molar-refractivity contribution in [1.82, 2.24) is 5.32 Å². The lowest BCUT2D eigenvalue weighted by Crippen LogP contribution is -2.28. The van der Waals surface area contributed by atoms with Crippen molar-refractivity contribution in [1.29, 1.82) is 0 Å². The van der Waals surface area contributed by atoms with Gasteiger partial charge in [0.15, 0.2) is 0 Å². The molecule has 0 aromatic heterocycles. The standard InChI is InChI=1S/C16H19NO3/c18-15(13-9-14(13)16(19)20)17-6-5-10-7-11-3-1-2-4-12(11)8-10/h1-4,10,13-14H,5-9H2,(H,17,18)(H,19,20)/t13-,14+/m1/s1. The molecule has 0 saturated heterocycles. The van der Waals surface area contributed by atoms with Gasteiger partial charge in [0.1, 0.15) is 0 Å². The normalized spacial score (nSPS) is 24.2. The van der Waals surface area contributed by atoms with E-state index in [1.165, 1.54) is 11.1 Å². The molecular formula is C16H19NO3. The van der Waals surface area contributed by atoms with E-state index in [0.717, 1.165) is 19.3 Å². The molecule has 0 spiro atoms. The van der Waals surface area contributed by atoms with Gasteiger partial charge in [0, 0.05) is 6.54 Å². The lowest BCUT2D eigenvalue weighted by molar-refractivity contribution is -0.140. The molecule has 4 nitrogen and oxygen atoms in total. The van der Waals surface area contributed by atoms with Crippen LogP contribution in [-0.4, -0.2) is 23.5 Å². The molecule has 0 bridgehead atoms. The summed E-state index contributed by atoms with van der Waals surface area (Å²) in [5.41, 5.74) is 2.86. The van der Waals surface area contributed by atoms with Crippen molar-refractivity contribution >= 4 is 11.9 Å². The minimum absolute atomic E-state index is 0.0899. The minimum Gasteiger partial charge on any atom is -0.481 e. The zero-order chi connectivity index (χ0) is 14.1. The van der Waals surface area contributed by atoms with Crippen LogP contribution in [0.5, 0.6) is 0 Å². The summed E-state index contributed by atoms with van der Waals surface area (Å²) in [6.07, 6.45) is 3.64. The summed E-state index contributed by atoms with van der Waals surface area (Å²) in [5.74, 6) is -1.09. The van der Waals surface area contributed by atoms with Crippen LogP contribution in [0, 0.1) is 17.8 Å². The van der Waals surface area contributed by atoms with Crippen molar-refractivity contribution in [2.75, 3.05) is 6.54 Å². The first-order valence-electron chi connectivity index (χ1n) is 7.22. The number of carboxylic acids is 1. The van der Waals surface area contributed by atoms with Crippen LogP contribution in [0.25, 0.3) is 0 Å². The molecule has 1 aromatic rings. The highest BCUT2D eigenvalue weighted by Gasteiger charge is 2.48. The predicted molar refractivity (Wildman–Crippen MR) is 74.2 cm³/mol. The number of benzene rings is 1. The number of carbonyl (C=O) groups excluding carboxylic acids is 1. The summed E-state index contributed by atoms with van der Waals surface area (Å²) in [6, 6.07) is 8.50. The van der Waals surface area contributed by atoms with Crippen molar-refractivity contribution in [3.63, 3.8) is 0 Å². The van der Waals surface area contributed by atoms with Crippen LogP contribution in [0.15, 0.2) is 24.3 Å². The van der Waals surface area contributed by atoms with Crippen molar-refractivity contribution in [3.05, 3.63) is 35.4 Å². The Morgan fingerprint density at radius 3 is 2.35 bits per heavy atom. The maximum Gasteiger partial charge on any atom is 0.307 e. The first-order valence-corrected chi connectivity index (χ1v) is 7.22. The number of carbonyl (C=O) groups is 2. The molecule has 20 heavy (non-hydrogen) atoms. The number of rotatable bonds is 5. The molecule has 2 atom stereocenters. The summed E-state index contributed by atoms with van der Waals surface area (Å²) >= 11 is 0. The van der Waals surface area contributed by atoms with Gasteiger partial charge in [-0.05, 0) is 42.7 Å². The monoisotopic (exact) mass is 273 g/mol. The Hall–Kier alpha value is -1.84. The molecule has 3 rings (SSSR count). The lowest BCUT2D eigenvalue weighted by Gasteiger charge is -2.09. The van der Waals surface area contributed by atoms with Crippen LogP contribution in [-0.2, 0) is 22.4 Å². The van der Waals surface area contributed by atoms with Gasteiger partial charge in [-0.2, -0.15) is 0 Å². The second-order valence-electron chi connectivity index (χ2n) is 5.91. The number of aliphatic carboxylic acids is 1. The fraction of sp³-hybridized carbons (Fsp3) is 0.500. The second kappa shape index (κ2) is 5.27. The Morgan fingerprint density at radius 1 is 1.15 bits per heavy atom. The van der Waals surface area contributed by atoms with Gasteiger partial charge in [-0.25, -0.2) is 0 Å². The van der Waals surface area contributed by atoms with Crippen LogP contribution in [0.4, 0.5) is 0 Å². The summed E-state index contributed by atoms with van der Waals surface area (Å²) in [6.45, 7) is 0.653. The predicted octanol–water partition coefficient (Wildman–Crippen LogP) is 1.63. The highest BCUT2D eigenvalue weighted by atomic mass is 16.4. The number of carboxylic acid groups (broad SMARTS) is 1. The van der Waals surface area contributed by atoms with Crippen molar-refractivity contribution < 1.29 is 14.7 Å². The minimum atomic E-state index is -0.851. The average Bonchev–Trinajstić information content (AvgIpc) is 3.13. The molecule has 2 aliphatic carbocycles. The molecule has 1 saturated carbocycles. The molecule has 1 fully saturated rings. The molecule has 0 heterocycles. The van der Waals surface area contributed by atoms with Crippen LogP contribution in [0.2, 0.25) is 0 Å². The van der Waals surface area contributed by atoms with E-state index >= 15 is 0 Å². The third kappa shape index (κ3) is 2.69. The van der Waals surface area contributed by atoms with Crippen molar-refractivity contribution in [2.45, 2.75) is 25.7 Å². The average molecular weight is 273 g/mol. The lowest BCUT2D eigenvalue weighted by atomic mass is 10.0. The smallest absolute Gasteiger partial charge is 0.307 e. The largest absolute Gasteiger partial charge is 0.481 e. The fourth-order valence-corrected chi connectivity index (χ4v) is 3.14. The maximum absolute atomic E-state index is 11.7. The molecule has 2 N–H and O–H groups in total. The summed E-state index contributed by atoms with van der Waals surface area (Å²) in [7, 11) is 0. The number of nitrogens with one attached hydrogen (secondary N) is 1. The van der Waals surface area contributed by atoms with Gasteiger partial charge in [0.25, 0.3) is 0 Å². The zero-order valence-electron chi connectivity index (χ0n) is 11.3. The van der Waals surface area contributed by atoms with E-state index in [1.54, 1.807) is 0 Å². The Bertz CT molecular complexity index is 515. The first-order chi connectivity index (χ1) is 9.65. The van der Waals surface area contributed by atoms with Crippen LogP contribution in [0.3, 0.4) is 0 Å². The van der Waals surface area contributed by atoms with E-state index in [-0.39, 0.29) is 11.8 Å². The number of hydrogen-bond acceptors (Lipinski definition) is 2. The summed E-state index contributed by atoms with van der Waals surface area (Å²) < 4.78 is 0. The second-order valence-corrected chi connectivity index (χ2v) is 5.91. The molecule has 0 aliphatic heterocycles. The van der Waals surface area contributed by atoms with Gasteiger partial charge in [-0.3, -0.25) is 9.59 Å². The van der Waals surface area contributed by atoms with Gasteiger partial charge in [-0.1, -0.05) is 24.3 Å². The summed E-state index contributed by atoms with van der Waals surface area (Å²) in [4.78, 5) is 22.4. The van der Waals surface area contributed by atoms with Gasteiger partial charge in [0.2, 0.25) is 5.91 Å². The Balaban J connectivity index is 1.40. The Labute approximate surface area is 118 Å². The van der Waals surface area contributed by atoms with E-state index in [1.807, 2.05) is 0 Å². The van der Waals surface area contributed by atoms with Crippen molar-refractivity contribution in [2.24, 2.45) is 17.8 Å². The Morgan fingerprint density at radius 2 is 1.80 bits per heavy atom. The van der Waals surface area contributed by atoms with Gasteiger partial charge < -0.3 is 10.4 Å². The maximum atomic E-state index is 11.7. The highest BCUT2D eigenvalue weighted by Crippen LogP contribution is 2.38. The molecule has 106 valence electrons. The van der Waals surface area contributed by atoms with E-state index in [9.17, 15) is 9.59 Å². The van der Waals surface area contributed by atoms with Crippen LogP contribution >= 0.6 is 0 Å². The van der Waals surface area contributed by atoms with Crippen molar-refractivity contribution in [3.8, 4) is 0 Å². The number of hydrogen-bond donors (Lipinski definition) is 2. The number of amides is 1. The molecule has 0 radical (unpaired) electrons. The van der Waals surface area contributed by atoms with E-state index in [0.29, 0.717) is 18.9 Å². The van der Waals surface area contributed by atoms with Crippen LogP contribution < -0.4 is 5.32 Å². The molecule has 0 unspecified atom stereocenters. The highest BCUT2D eigenvalue weighted by molar-refractivity contribution is 5.89. The third-order valence-electron chi connectivity index (χ3n) is 4.43. The quantitative estimate of drug-likeness (QED) is 0.857. The molecule has 1 amide bonds. The summed E-state index contributed by atoms with van der Waals surface area (Å²) in [5, 5.41) is 11.7. The molecule has 1 aromatic carbocycles. The first kappa shape index (κ1) is 13.2. The van der Waals surface area contributed by atoms with E-state index < -0.39 is 11.9 Å². The van der Waals surface area contributed by atoms with E-state index in [2.05, 4.69) is 29.6 Å². The van der Waals surface area contributed by atoms with Gasteiger partial charge in [0.05, 0.1) is 11.8 Å². The van der Waals surface area contributed by atoms with Crippen LogP contribution in [0.1, 0.15) is 24.0 Å². The van der Waals surface area contributed by atoms with Gasteiger partial charge in [-0.15, -0.1) is 0 Å². The SMILES string of the molecule is O=C(O)[C@H]1C[C@H]1C(=O)NCCC1Cc2ccccc2C1. The fourth-order valence-electron chi connectivity index (χ4n) is 3.14. The van der Waals surface area contributed by atoms with Gasteiger partial charge >= 0.3 is 5.97 Å². The third-order valence-corrected chi connectivity index (χ3v) is 4.43. The number of fused-ring (bicyclic) bond motifs is 1. The van der Waals surface area contributed by atoms with E-state index in [4.69, 9.17) is 5.11 Å².